The lowest BCUT2D eigenvalue weighted by atomic mass is 9.97. The summed E-state index contributed by atoms with van der Waals surface area (Å²) in [7, 11) is 0. The highest BCUT2D eigenvalue weighted by atomic mass is 19.1. The molecule has 1 N–H and O–H groups in total. The zero-order valence-electron chi connectivity index (χ0n) is 16.0. The van der Waals surface area contributed by atoms with Crippen LogP contribution in [0, 0.1) is 5.82 Å². The Morgan fingerprint density at radius 2 is 1.96 bits per heavy atom. The summed E-state index contributed by atoms with van der Waals surface area (Å²) in [6, 6.07) is 11.3. The molecule has 1 atom stereocenters. The van der Waals surface area contributed by atoms with Gasteiger partial charge >= 0.3 is 0 Å². The number of rotatable bonds is 4. The average molecular weight is 381 g/mol. The first-order valence-corrected chi connectivity index (χ1v) is 9.83. The topological polar surface area (TPSA) is 52.7 Å². The summed E-state index contributed by atoms with van der Waals surface area (Å²) in [5.74, 6) is -0.449. The number of nitrogens with one attached hydrogen (secondary N) is 1. The molecular formula is C22H24FN3O2. The Hall–Kier alpha value is -2.89. The monoisotopic (exact) mass is 381 g/mol. The molecule has 1 saturated heterocycles. The molecule has 0 bridgehead atoms. The molecule has 0 radical (unpaired) electrons. The number of carbonyl (C=O) groups is 2. The molecule has 146 valence electrons. The minimum absolute atomic E-state index is 0.0580. The van der Waals surface area contributed by atoms with E-state index in [2.05, 4.69) is 17.1 Å². The van der Waals surface area contributed by atoms with Gasteiger partial charge < -0.3 is 15.1 Å². The molecule has 2 aromatic carbocycles. The summed E-state index contributed by atoms with van der Waals surface area (Å²) >= 11 is 0. The summed E-state index contributed by atoms with van der Waals surface area (Å²) in [6.07, 6.45) is 3.19. The second-order valence-corrected chi connectivity index (χ2v) is 7.30. The van der Waals surface area contributed by atoms with Crippen molar-refractivity contribution in [2.24, 2.45) is 0 Å². The second-order valence-electron chi connectivity index (χ2n) is 7.30. The first-order valence-electron chi connectivity index (χ1n) is 9.83. The summed E-state index contributed by atoms with van der Waals surface area (Å²) in [5, 5.41) is 2.87. The maximum absolute atomic E-state index is 13.0. The number of hydrogen-bond donors (Lipinski definition) is 1. The lowest BCUT2D eigenvalue weighted by Crippen LogP contribution is -2.57. The highest BCUT2D eigenvalue weighted by Crippen LogP contribution is 2.35. The molecule has 2 heterocycles. The standard InChI is InChI=1S/C22H24FN3O2/c1-2-25-19-13-16(21(27)24-14-15-6-9-17(23)10-7-15)8-11-18(19)22(28)26-12-4-3-5-20(25)26/h6-11,13,20H,2-5,12,14H2,1H3,(H,24,27)/t20-/m0/s1. The Labute approximate surface area is 164 Å². The molecule has 0 aromatic heterocycles. The van der Waals surface area contributed by atoms with Crippen LogP contribution in [0.1, 0.15) is 52.5 Å². The molecule has 2 amide bonds. The Morgan fingerprint density at radius 1 is 1.18 bits per heavy atom. The highest BCUT2D eigenvalue weighted by Gasteiger charge is 2.38. The van der Waals surface area contributed by atoms with E-state index in [-0.39, 0.29) is 23.8 Å². The van der Waals surface area contributed by atoms with Crippen LogP contribution in [0.15, 0.2) is 42.5 Å². The van der Waals surface area contributed by atoms with E-state index in [0.717, 1.165) is 43.6 Å². The van der Waals surface area contributed by atoms with Crippen molar-refractivity contribution in [2.45, 2.75) is 38.9 Å². The summed E-state index contributed by atoms with van der Waals surface area (Å²) in [6.45, 7) is 3.97. The zero-order valence-corrected chi connectivity index (χ0v) is 16.0. The summed E-state index contributed by atoms with van der Waals surface area (Å²) in [4.78, 5) is 29.7. The molecule has 0 aliphatic carbocycles. The van der Waals surface area contributed by atoms with Gasteiger partial charge in [0.05, 0.1) is 11.3 Å². The van der Waals surface area contributed by atoms with Crippen LogP contribution in [-0.2, 0) is 6.54 Å². The van der Waals surface area contributed by atoms with Gasteiger partial charge in [-0.25, -0.2) is 4.39 Å². The fraction of sp³-hybridized carbons (Fsp3) is 0.364. The zero-order chi connectivity index (χ0) is 19.7. The van der Waals surface area contributed by atoms with Gasteiger partial charge in [0.2, 0.25) is 0 Å². The van der Waals surface area contributed by atoms with Gasteiger partial charge in [-0.2, -0.15) is 0 Å². The number of amides is 2. The minimum Gasteiger partial charge on any atom is -0.351 e. The fourth-order valence-electron chi connectivity index (χ4n) is 4.15. The number of anilines is 1. The molecule has 5 nitrogen and oxygen atoms in total. The number of nitrogens with zero attached hydrogens (tertiary/aromatic N) is 2. The maximum atomic E-state index is 13.0. The van der Waals surface area contributed by atoms with Gasteiger partial charge in [-0.15, -0.1) is 0 Å². The van der Waals surface area contributed by atoms with Crippen LogP contribution in [0.3, 0.4) is 0 Å². The Morgan fingerprint density at radius 3 is 2.71 bits per heavy atom. The number of halogens is 1. The van der Waals surface area contributed by atoms with Crippen molar-refractivity contribution in [1.82, 2.24) is 10.2 Å². The van der Waals surface area contributed by atoms with E-state index in [1.54, 1.807) is 24.3 Å². The fourth-order valence-corrected chi connectivity index (χ4v) is 4.15. The SMILES string of the molecule is CCN1c2cc(C(=O)NCc3ccc(F)cc3)ccc2C(=O)N2CCCC[C@H]21. The average Bonchev–Trinajstić information content (AvgIpc) is 2.73. The predicted molar refractivity (Wildman–Crippen MR) is 106 cm³/mol. The van der Waals surface area contributed by atoms with Gasteiger partial charge in [-0.3, -0.25) is 9.59 Å². The Balaban J connectivity index is 1.56. The minimum atomic E-state index is -0.300. The molecule has 4 rings (SSSR count). The Bertz CT molecular complexity index is 897. The van der Waals surface area contributed by atoms with E-state index in [0.29, 0.717) is 17.7 Å². The van der Waals surface area contributed by atoms with Crippen LogP contribution in [0.5, 0.6) is 0 Å². The number of carbonyl (C=O) groups excluding carboxylic acids is 2. The van der Waals surface area contributed by atoms with Crippen LogP contribution in [0.2, 0.25) is 0 Å². The van der Waals surface area contributed by atoms with Gasteiger partial charge in [0.25, 0.3) is 11.8 Å². The molecule has 0 saturated carbocycles. The van der Waals surface area contributed by atoms with Crippen molar-refractivity contribution in [3.63, 3.8) is 0 Å². The Kier molecular flexibility index (Phi) is 5.03. The lowest BCUT2D eigenvalue weighted by molar-refractivity contribution is 0.0582. The molecule has 0 spiro atoms. The third kappa shape index (κ3) is 3.35. The lowest BCUT2D eigenvalue weighted by Gasteiger charge is -2.47. The van der Waals surface area contributed by atoms with Gasteiger partial charge in [-0.1, -0.05) is 12.1 Å². The molecule has 1 fully saturated rings. The third-order valence-corrected chi connectivity index (χ3v) is 5.60. The normalized spacial score (nSPS) is 18.5. The largest absolute Gasteiger partial charge is 0.351 e. The summed E-state index contributed by atoms with van der Waals surface area (Å²) in [5.41, 5.74) is 2.85. The van der Waals surface area contributed by atoms with Crippen molar-refractivity contribution in [1.29, 1.82) is 0 Å². The molecule has 6 heteroatoms. The quantitative estimate of drug-likeness (QED) is 0.881. The molecule has 28 heavy (non-hydrogen) atoms. The van der Waals surface area contributed by atoms with Gasteiger partial charge in [0.1, 0.15) is 12.0 Å². The van der Waals surface area contributed by atoms with Crippen molar-refractivity contribution in [3.8, 4) is 0 Å². The second kappa shape index (κ2) is 7.62. The number of fused-ring (bicyclic) bond motifs is 2. The van der Waals surface area contributed by atoms with Gasteiger partial charge in [0.15, 0.2) is 0 Å². The van der Waals surface area contributed by atoms with Crippen LogP contribution in [0.4, 0.5) is 10.1 Å². The van der Waals surface area contributed by atoms with Crippen LogP contribution >= 0.6 is 0 Å². The van der Waals surface area contributed by atoms with E-state index in [1.165, 1.54) is 12.1 Å². The van der Waals surface area contributed by atoms with Gasteiger partial charge in [0, 0.05) is 25.2 Å². The van der Waals surface area contributed by atoms with Crippen molar-refractivity contribution in [3.05, 3.63) is 65.0 Å². The molecule has 2 aliphatic heterocycles. The van der Waals surface area contributed by atoms with E-state index in [9.17, 15) is 14.0 Å². The van der Waals surface area contributed by atoms with E-state index >= 15 is 0 Å². The van der Waals surface area contributed by atoms with Crippen LogP contribution in [0.25, 0.3) is 0 Å². The van der Waals surface area contributed by atoms with Crippen molar-refractivity contribution < 1.29 is 14.0 Å². The third-order valence-electron chi connectivity index (χ3n) is 5.60. The number of piperidine rings is 1. The van der Waals surface area contributed by atoms with E-state index in [4.69, 9.17) is 0 Å². The molecular weight excluding hydrogens is 357 g/mol. The van der Waals surface area contributed by atoms with E-state index in [1.807, 2.05) is 11.0 Å². The van der Waals surface area contributed by atoms with Crippen molar-refractivity contribution >= 4 is 17.5 Å². The number of benzene rings is 2. The maximum Gasteiger partial charge on any atom is 0.257 e. The smallest absolute Gasteiger partial charge is 0.257 e. The molecule has 2 aliphatic rings. The number of hydrogen-bond acceptors (Lipinski definition) is 3. The van der Waals surface area contributed by atoms with Gasteiger partial charge in [-0.05, 0) is 62.1 Å². The highest BCUT2D eigenvalue weighted by molar-refractivity contribution is 6.04. The summed E-state index contributed by atoms with van der Waals surface area (Å²) < 4.78 is 13.0. The van der Waals surface area contributed by atoms with E-state index < -0.39 is 0 Å². The predicted octanol–water partition coefficient (Wildman–Crippen LogP) is 3.55. The van der Waals surface area contributed by atoms with Crippen LogP contribution in [-0.4, -0.2) is 36.0 Å². The van der Waals surface area contributed by atoms with Crippen molar-refractivity contribution in [2.75, 3.05) is 18.0 Å². The first kappa shape index (κ1) is 18.5. The first-order chi connectivity index (χ1) is 13.6. The molecule has 0 unspecified atom stereocenters. The molecule has 2 aromatic rings. The van der Waals surface area contributed by atoms with Crippen LogP contribution < -0.4 is 10.2 Å².